The van der Waals surface area contributed by atoms with Gasteiger partial charge in [-0.05, 0) is 23.6 Å². The van der Waals surface area contributed by atoms with E-state index in [0.717, 1.165) is 11.1 Å². The summed E-state index contributed by atoms with van der Waals surface area (Å²) in [5, 5.41) is 15.1. The molecule has 4 rings (SSSR count). The number of hydrogen-bond donors (Lipinski definition) is 1. The standard InChI is InChI=1S/C23H19N3O3/c27-22(25-24-16-17-9-7-8-14-21(17)26(28)29)20-15-23(20,18-10-3-1-4-11-18)19-12-5-2-6-13-19/h1-14,16,20H,15H2,(H,25,27)/b24-16+. The lowest BCUT2D eigenvalue weighted by Crippen LogP contribution is -2.25. The molecule has 0 aliphatic heterocycles. The number of nitrogens with zero attached hydrogens (tertiary/aromatic N) is 2. The minimum Gasteiger partial charge on any atom is -0.273 e. The van der Waals surface area contributed by atoms with E-state index < -0.39 is 4.92 Å². The van der Waals surface area contributed by atoms with E-state index in [1.54, 1.807) is 18.2 Å². The SMILES string of the molecule is O=C(N/N=C/c1ccccc1[N+](=O)[O-])C1CC1(c1ccccc1)c1ccccc1. The lowest BCUT2D eigenvalue weighted by Gasteiger charge is -2.18. The fraction of sp³-hybridized carbons (Fsp3) is 0.130. The average Bonchev–Trinajstić information content (AvgIpc) is 3.52. The molecule has 1 fully saturated rings. The normalized spacial score (nSPS) is 17.0. The van der Waals surface area contributed by atoms with Gasteiger partial charge in [0.1, 0.15) is 0 Å². The third-order valence-electron chi connectivity index (χ3n) is 5.37. The number of rotatable bonds is 6. The average molecular weight is 385 g/mol. The Labute approximate surface area is 168 Å². The minimum absolute atomic E-state index is 0.0557. The maximum Gasteiger partial charge on any atom is 0.278 e. The molecule has 1 N–H and O–H groups in total. The van der Waals surface area contributed by atoms with Crippen LogP contribution in [0.2, 0.25) is 0 Å². The molecule has 1 atom stereocenters. The van der Waals surface area contributed by atoms with Crippen LogP contribution >= 0.6 is 0 Å². The Morgan fingerprint density at radius 1 is 0.966 bits per heavy atom. The first kappa shape index (κ1) is 18.6. The number of para-hydroxylation sites is 1. The van der Waals surface area contributed by atoms with Crippen LogP contribution in [0.4, 0.5) is 5.69 Å². The number of carbonyl (C=O) groups excluding carboxylic acids is 1. The predicted molar refractivity (Wildman–Crippen MR) is 111 cm³/mol. The summed E-state index contributed by atoms with van der Waals surface area (Å²) < 4.78 is 0. The van der Waals surface area contributed by atoms with Crippen molar-refractivity contribution in [3.63, 3.8) is 0 Å². The van der Waals surface area contributed by atoms with E-state index in [9.17, 15) is 14.9 Å². The topological polar surface area (TPSA) is 84.6 Å². The number of hydrazone groups is 1. The largest absolute Gasteiger partial charge is 0.278 e. The first-order valence-corrected chi connectivity index (χ1v) is 9.30. The summed E-state index contributed by atoms with van der Waals surface area (Å²) >= 11 is 0. The molecule has 29 heavy (non-hydrogen) atoms. The Bertz CT molecular complexity index is 1030. The van der Waals surface area contributed by atoms with Gasteiger partial charge in [-0.2, -0.15) is 5.10 Å². The van der Waals surface area contributed by atoms with Crippen LogP contribution in [-0.2, 0) is 10.2 Å². The summed E-state index contributed by atoms with van der Waals surface area (Å²) in [7, 11) is 0. The molecule has 0 aromatic heterocycles. The maximum absolute atomic E-state index is 12.8. The van der Waals surface area contributed by atoms with Crippen LogP contribution in [0.1, 0.15) is 23.1 Å². The minimum atomic E-state index is -0.472. The van der Waals surface area contributed by atoms with Gasteiger partial charge in [-0.15, -0.1) is 0 Å². The van der Waals surface area contributed by atoms with E-state index in [1.165, 1.54) is 12.3 Å². The quantitative estimate of drug-likeness (QED) is 0.395. The Morgan fingerprint density at radius 3 is 2.10 bits per heavy atom. The van der Waals surface area contributed by atoms with E-state index in [2.05, 4.69) is 10.5 Å². The third kappa shape index (κ3) is 3.52. The Morgan fingerprint density at radius 2 is 1.52 bits per heavy atom. The van der Waals surface area contributed by atoms with Crippen LogP contribution in [0, 0.1) is 16.0 Å². The van der Waals surface area contributed by atoms with Gasteiger partial charge < -0.3 is 0 Å². The summed E-state index contributed by atoms with van der Waals surface area (Å²) in [4.78, 5) is 23.4. The van der Waals surface area contributed by atoms with Crippen molar-refractivity contribution in [2.45, 2.75) is 11.8 Å². The number of carbonyl (C=O) groups is 1. The lowest BCUT2D eigenvalue weighted by molar-refractivity contribution is -0.385. The number of hydrogen-bond acceptors (Lipinski definition) is 4. The molecule has 0 heterocycles. The van der Waals surface area contributed by atoms with Gasteiger partial charge in [0, 0.05) is 11.5 Å². The van der Waals surface area contributed by atoms with Crippen molar-refractivity contribution in [3.8, 4) is 0 Å². The fourth-order valence-electron chi connectivity index (χ4n) is 3.86. The van der Waals surface area contributed by atoms with E-state index in [0.29, 0.717) is 12.0 Å². The molecule has 1 saturated carbocycles. The van der Waals surface area contributed by atoms with Crippen LogP contribution in [-0.4, -0.2) is 17.0 Å². The Kier molecular flexibility index (Phi) is 4.91. The molecule has 6 nitrogen and oxygen atoms in total. The second kappa shape index (κ2) is 7.67. The summed E-state index contributed by atoms with van der Waals surface area (Å²) in [5.41, 5.74) is 4.65. The molecule has 3 aromatic rings. The van der Waals surface area contributed by atoms with Crippen molar-refractivity contribution in [1.82, 2.24) is 5.43 Å². The van der Waals surface area contributed by atoms with Crippen molar-refractivity contribution >= 4 is 17.8 Å². The summed E-state index contributed by atoms with van der Waals surface area (Å²) in [6, 6.07) is 26.2. The van der Waals surface area contributed by atoms with E-state index in [-0.39, 0.29) is 22.9 Å². The second-order valence-corrected chi connectivity index (χ2v) is 7.01. The Balaban J connectivity index is 1.55. The lowest BCUT2D eigenvalue weighted by atomic mass is 9.85. The third-order valence-corrected chi connectivity index (χ3v) is 5.37. The highest BCUT2D eigenvalue weighted by molar-refractivity contribution is 5.89. The molecule has 0 saturated heterocycles. The number of amides is 1. The van der Waals surface area contributed by atoms with E-state index in [4.69, 9.17) is 0 Å². The van der Waals surface area contributed by atoms with E-state index in [1.807, 2.05) is 60.7 Å². The first-order chi connectivity index (χ1) is 14.1. The summed E-state index contributed by atoms with van der Waals surface area (Å²) in [6.45, 7) is 0. The van der Waals surface area contributed by atoms with Gasteiger partial charge >= 0.3 is 0 Å². The predicted octanol–water partition coefficient (Wildman–Crippen LogP) is 4.05. The van der Waals surface area contributed by atoms with Crippen molar-refractivity contribution in [1.29, 1.82) is 0 Å². The van der Waals surface area contributed by atoms with Crippen LogP contribution in [0.15, 0.2) is 90.0 Å². The summed E-state index contributed by atoms with van der Waals surface area (Å²) in [6.07, 6.45) is 2.00. The van der Waals surface area contributed by atoms with Gasteiger partial charge in [0.2, 0.25) is 5.91 Å². The summed E-state index contributed by atoms with van der Waals surface area (Å²) in [5.74, 6) is -0.456. The molecule has 6 heteroatoms. The van der Waals surface area contributed by atoms with Crippen LogP contribution in [0.5, 0.6) is 0 Å². The monoisotopic (exact) mass is 385 g/mol. The molecule has 1 unspecified atom stereocenters. The van der Waals surface area contributed by atoms with Crippen molar-refractivity contribution in [2.24, 2.45) is 11.0 Å². The molecule has 1 amide bonds. The molecule has 0 radical (unpaired) electrons. The zero-order chi connectivity index (χ0) is 20.3. The van der Waals surface area contributed by atoms with Crippen LogP contribution < -0.4 is 5.43 Å². The molecular formula is C23H19N3O3. The van der Waals surface area contributed by atoms with Gasteiger partial charge in [-0.25, -0.2) is 5.43 Å². The van der Waals surface area contributed by atoms with Gasteiger partial charge in [0.25, 0.3) is 5.69 Å². The number of nitro benzene ring substituents is 1. The van der Waals surface area contributed by atoms with Crippen molar-refractivity contribution in [3.05, 3.63) is 112 Å². The Hall–Kier alpha value is -3.80. The fourth-order valence-corrected chi connectivity index (χ4v) is 3.86. The molecular weight excluding hydrogens is 366 g/mol. The number of benzene rings is 3. The highest BCUT2D eigenvalue weighted by Gasteiger charge is 2.60. The molecule has 0 spiro atoms. The van der Waals surface area contributed by atoms with Gasteiger partial charge in [0.05, 0.1) is 22.6 Å². The van der Waals surface area contributed by atoms with Crippen LogP contribution in [0.3, 0.4) is 0 Å². The number of nitrogens with one attached hydrogen (secondary N) is 1. The zero-order valence-corrected chi connectivity index (χ0v) is 15.6. The maximum atomic E-state index is 12.8. The number of nitro groups is 1. The van der Waals surface area contributed by atoms with Crippen molar-refractivity contribution in [2.75, 3.05) is 0 Å². The van der Waals surface area contributed by atoms with Gasteiger partial charge in [0.15, 0.2) is 0 Å². The molecule has 1 aliphatic rings. The second-order valence-electron chi connectivity index (χ2n) is 7.01. The van der Waals surface area contributed by atoms with Gasteiger partial charge in [-0.3, -0.25) is 14.9 Å². The van der Waals surface area contributed by atoms with Gasteiger partial charge in [-0.1, -0.05) is 72.8 Å². The molecule has 3 aromatic carbocycles. The molecule has 144 valence electrons. The highest BCUT2D eigenvalue weighted by atomic mass is 16.6. The highest BCUT2D eigenvalue weighted by Crippen LogP contribution is 2.58. The smallest absolute Gasteiger partial charge is 0.273 e. The van der Waals surface area contributed by atoms with E-state index >= 15 is 0 Å². The first-order valence-electron chi connectivity index (χ1n) is 9.30. The molecule has 1 aliphatic carbocycles. The van der Waals surface area contributed by atoms with Crippen LogP contribution in [0.25, 0.3) is 0 Å². The molecule has 0 bridgehead atoms. The van der Waals surface area contributed by atoms with Crippen molar-refractivity contribution < 1.29 is 9.72 Å². The zero-order valence-electron chi connectivity index (χ0n) is 15.6.